The van der Waals surface area contributed by atoms with Crippen molar-refractivity contribution in [1.82, 2.24) is 9.78 Å². The zero-order valence-corrected chi connectivity index (χ0v) is 12.7. The molecule has 2 aromatic rings. The van der Waals surface area contributed by atoms with Crippen LogP contribution in [0, 0.1) is 5.41 Å². The van der Waals surface area contributed by atoms with Gasteiger partial charge in [-0.3, -0.25) is 4.68 Å². The lowest BCUT2D eigenvalue weighted by Crippen LogP contribution is -2.30. The molecular formula is C16H20ClN3. The minimum absolute atomic E-state index is 0.0914. The molecule has 0 saturated heterocycles. The molecule has 2 N–H and O–H groups in total. The second kappa shape index (κ2) is 4.90. The predicted octanol–water partition coefficient (Wildman–Crippen LogP) is 3.56. The molecule has 0 spiro atoms. The fourth-order valence-corrected chi connectivity index (χ4v) is 3.28. The lowest BCUT2D eigenvalue weighted by atomic mass is 9.75. The van der Waals surface area contributed by atoms with Gasteiger partial charge in [0, 0.05) is 22.3 Å². The molecule has 0 fully saturated rings. The van der Waals surface area contributed by atoms with Crippen LogP contribution in [-0.4, -0.2) is 9.78 Å². The van der Waals surface area contributed by atoms with E-state index in [4.69, 9.17) is 17.3 Å². The first kappa shape index (κ1) is 13.7. The lowest BCUT2D eigenvalue weighted by molar-refractivity contribution is 0.275. The van der Waals surface area contributed by atoms with E-state index in [9.17, 15) is 0 Å². The summed E-state index contributed by atoms with van der Waals surface area (Å²) in [6, 6.07) is 8.01. The van der Waals surface area contributed by atoms with Crippen molar-refractivity contribution in [3.05, 3.63) is 52.3 Å². The third-order valence-electron chi connectivity index (χ3n) is 4.08. The Morgan fingerprint density at radius 2 is 2.15 bits per heavy atom. The molecule has 0 aliphatic heterocycles. The normalized spacial score (nSPS) is 20.7. The van der Waals surface area contributed by atoms with Crippen molar-refractivity contribution in [2.45, 2.75) is 39.3 Å². The Morgan fingerprint density at radius 1 is 1.40 bits per heavy atom. The van der Waals surface area contributed by atoms with Crippen molar-refractivity contribution >= 4 is 11.6 Å². The number of nitrogens with two attached hydrogens (primary N) is 1. The largest absolute Gasteiger partial charge is 0.324 e. The number of hydrogen-bond donors (Lipinski definition) is 1. The fourth-order valence-electron chi connectivity index (χ4n) is 3.08. The second-order valence-electron chi connectivity index (χ2n) is 6.45. The van der Waals surface area contributed by atoms with Crippen LogP contribution < -0.4 is 5.73 Å². The summed E-state index contributed by atoms with van der Waals surface area (Å²) in [4.78, 5) is 0. The van der Waals surface area contributed by atoms with Crippen molar-refractivity contribution in [3.63, 3.8) is 0 Å². The molecule has 0 saturated carbocycles. The third-order valence-corrected chi connectivity index (χ3v) is 4.45. The number of hydrogen-bond acceptors (Lipinski definition) is 2. The van der Waals surface area contributed by atoms with Crippen LogP contribution in [0.15, 0.2) is 30.5 Å². The molecule has 3 rings (SSSR count). The molecule has 4 heteroatoms. The van der Waals surface area contributed by atoms with Crippen LogP contribution in [-0.2, 0) is 13.0 Å². The number of nitrogens with zero attached hydrogens (tertiary/aromatic N) is 2. The van der Waals surface area contributed by atoms with Crippen LogP contribution in [0.1, 0.15) is 43.1 Å². The van der Waals surface area contributed by atoms with Crippen molar-refractivity contribution in [1.29, 1.82) is 0 Å². The predicted molar refractivity (Wildman–Crippen MR) is 81.8 cm³/mol. The molecule has 0 amide bonds. The molecule has 0 bridgehead atoms. The van der Waals surface area contributed by atoms with Gasteiger partial charge in [0.2, 0.25) is 0 Å². The quantitative estimate of drug-likeness (QED) is 0.919. The highest BCUT2D eigenvalue weighted by molar-refractivity contribution is 6.31. The summed E-state index contributed by atoms with van der Waals surface area (Å²) < 4.78 is 2.05. The summed E-state index contributed by atoms with van der Waals surface area (Å²) in [6.07, 6.45) is 3.95. The van der Waals surface area contributed by atoms with Gasteiger partial charge < -0.3 is 5.73 Å². The third kappa shape index (κ3) is 2.48. The zero-order chi connectivity index (χ0) is 14.3. The summed E-state index contributed by atoms with van der Waals surface area (Å²) in [7, 11) is 0. The first-order valence-electron chi connectivity index (χ1n) is 7.00. The molecule has 1 aliphatic carbocycles. The monoisotopic (exact) mass is 289 g/mol. The van der Waals surface area contributed by atoms with Gasteiger partial charge in [-0.05, 0) is 29.9 Å². The summed E-state index contributed by atoms with van der Waals surface area (Å²) in [5.74, 6) is 0. The van der Waals surface area contributed by atoms with Crippen molar-refractivity contribution < 1.29 is 0 Å². The van der Waals surface area contributed by atoms with Crippen LogP contribution in [0.4, 0.5) is 0 Å². The van der Waals surface area contributed by atoms with E-state index in [1.54, 1.807) is 0 Å². The molecule has 1 unspecified atom stereocenters. The Bertz CT molecular complexity index is 630. The van der Waals surface area contributed by atoms with Gasteiger partial charge in [0.05, 0.1) is 12.7 Å². The SMILES string of the molecule is CC1(C)Cc2c(cnn2Cc2ccccc2Cl)C(N)C1. The van der Waals surface area contributed by atoms with Crippen molar-refractivity contribution in [2.75, 3.05) is 0 Å². The van der Waals surface area contributed by atoms with Gasteiger partial charge in [-0.1, -0.05) is 43.6 Å². The van der Waals surface area contributed by atoms with Gasteiger partial charge in [0.15, 0.2) is 0 Å². The minimum Gasteiger partial charge on any atom is -0.324 e. The summed E-state index contributed by atoms with van der Waals surface area (Å²) >= 11 is 6.24. The van der Waals surface area contributed by atoms with E-state index in [0.717, 1.165) is 23.4 Å². The minimum atomic E-state index is 0.0914. The lowest BCUT2D eigenvalue weighted by Gasteiger charge is -2.33. The first-order chi connectivity index (χ1) is 9.46. The highest BCUT2D eigenvalue weighted by atomic mass is 35.5. The van der Waals surface area contributed by atoms with E-state index >= 15 is 0 Å². The standard InChI is InChI=1S/C16H20ClN3/c1-16(2)7-14(18)12-9-19-20(15(12)8-16)10-11-5-3-4-6-13(11)17/h3-6,9,14H,7-8,10,18H2,1-2H3. The second-order valence-corrected chi connectivity index (χ2v) is 6.85. The number of rotatable bonds is 2. The maximum absolute atomic E-state index is 6.28. The molecular weight excluding hydrogens is 270 g/mol. The fraction of sp³-hybridized carbons (Fsp3) is 0.438. The molecule has 1 aromatic carbocycles. The molecule has 106 valence electrons. The topological polar surface area (TPSA) is 43.8 Å². The summed E-state index contributed by atoms with van der Waals surface area (Å²) in [5.41, 5.74) is 10.0. The van der Waals surface area contributed by atoms with E-state index in [1.807, 2.05) is 30.5 Å². The molecule has 1 aromatic heterocycles. The number of benzene rings is 1. The van der Waals surface area contributed by atoms with Gasteiger partial charge in [-0.2, -0.15) is 5.10 Å². The number of halogens is 1. The van der Waals surface area contributed by atoms with E-state index in [0.29, 0.717) is 6.54 Å². The van der Waals surface area contributed by atoms with Crippen LogP contribution in [0.25, 0.3) is 0 Å². The Hall–Kier alpha value is -1.32. The highest BCUT2D eigenvalue weighted by Crippen LogP contribution is 2.39. The van der Waals surface area contributed by atoms with Crippen LogP contribution >= 0.6 is 11.6 Å². The molecule has 1 atom stereocenters. The Labute approximate surface area is 124 Å². The van der Waals surface area contributed by atoms with Crippen molar-refractivity contribution in [2.24, 2.45) is 11.1 Å². The average molecular weight is 290 g/mol. The van der Waals surface area contributed by atoms with Crippen LogP contribution in [0.5, 0.6) is 0 Å². The Kier molecular flexibility index (Phi) is 3.35. The molecule has 1 aliphatic rings. The highest BCUT2D eigenvalue weighted by Gasteiger charge is 2.33. The van der Waals surface area contributed by atoms with E-state index in [2.05, 4.69) is 23.6 Å². The van der Waals surface area contributed by atoms with Gasteiger partial charge in [0.1, 0.15) is 0 Å². The van der Waals surface area contributed by atoms with Crippen LogP contribution in [0.2, 0.25) is 5.02 Å². The summed E-state index contributed by atoms with van der Waals surface area (Å²) in [5, 5.41) is 5.32. The van der Waals surface area contributed by atoms with Gasteiger partial charge in [0.25, 0.3) is 0 Å². The maximum Gasteiger partial charge on any atom is 0.0677 e. The molecule has 0 radical (unpaired) electrons. The zero-order valence-electron chi connectivity index (χ0n) is 11.9. The molecule has 1 heterocycles. The van der Waals surface area contributed by atoms with Gasteiger partial charge >= 0.3 is 0 Å². The molecule has 20 heavy (non-hydrogen) atoms. The maximum atomic E-state index is 6.28. The first-order valence-corrected chi connectivity index (χ1v) is 7.38. The number of fused-ring (bicyclic) bond motifs is 1. The Balaban J connectivity index is 1.95. The molecule has 3 nitrogen and oxygen atoms in total. The van der Waals surface area contributed by atoms with Gasteiger partial charge in [-0.25, -0.2) is 0 Å². The Morgan fingerprint density at radius 3 is 2.90 bits per heavy atom. The van der Waals surface area contributed by atoms with Crippen molar-refractivity contribution in [3.8, 4) is 0 Å². The summed E-state index contributed by atoms with van der Waals surface area (Å²) in [6.45, 7) is 5.24. The van der Waals surface area contributed by atoms with E-state index in [-0.39, 0.29) is 11.5 Å². The average Bonchev–Trinajstić information content (AvgIpc) is 2.74. The van der Waals surface area contributed by atoms with E-state index < -0.39 is 0 Å². The number of aromatic nitrogens is 2. The van der Waals surface area contributed by atoms with Crippen LogP contribution in [0.3, 0.4) is 0 Å². The van der Waals surface area contributed by atoms with Gasteiger partial charge in [-0.15, -0.1) is 0 Å². The smallest absolute Gasteiger partial charge is 0.0677 e. The van der Waals surface area contributed by atoms with E-state index in [1.165, 1.54) is 11.3 Å².